The molecule has 1 aliphatic rings. The monoisotopic (exact) mass is 266 g/mol. The van der Waals surface area contributed by atoms with Crippen LogP contribution in [0.15, 0.2) is 42.7 Å². The van der Waals surface area contributed by atoms with Crippen LogP contribution in [0.3, 0.4) is 0 Å². The summed E-state index contributed by atoms with van der Waals surface area (Å²) in [5, 5.41) is 0. The Morgan fingerprint density at radius 1 is 1.00 bits per heavy atom. The predicted octanol–water partition coefficient (Wildman–Crippen LogP) is 3.08. The SMILES string of the molecule is Cc1ncc2ccc(-c3ccc4c(c3)OCCO4)cn12. The van der Waals surface area contributed by atoms with Gasteiger partial charge in [0.2, 0.25) is 0 Å². The lowest BCUT2D eigenvalue weighted by atomic mass is 10.1. The number of aromatic nitrogens is 2. The summed E-state index contributed by atoms with van der Waals surface area (Å²) in [5.41, 5.74) is 3.35. The fourth-order valence-electron chi connectivity index (χ4n) is 2.51. The number of rotatable bonds is 1. The molecule has 0 fully saturated rings. The van der Waals surface area contributed by atoms with E-state index in [0.29, 0.717) is 13.2 Å². The van der Waals surface area contributed by atoms with Crippen LogP contribution in [0.1, 0.15) is 5.82 Å². The summed E-state index contributed by atoms with van der Waals surface area (Å²) in [6, 6.07) is 10.2. The van der Waals surface area contributed by atoms with Gasteiger partial charge in [-0.25, -0.2) is 4.98 Å². The summed E-state index contributed by atoms with van der Waals surface area (Å²) in [4.78, 5) is 4.32. The zero-order valence-electron chi connectivity index (χ0n) is 11.2. The van der Waals surface area contributed by atoms with E-state index in [1.54, 1.807) is 0 Å². The van der Waals surface area contributed by atoms with Crippen molar-refractivity contribution in [3.05, 3.63) is 48.5 Å². The van der Waals surface area contributed by atoms with Gasteiger partial charge < -0.3 is 13.9 Å². The standard InChI is InChI=1S/C16H14N2O2/c1-11-17-9-14-4-2-13(10-18(11)14)12-3-5-15-16(8-12)20-7-6-19-15/h2-5,8-10H,6-7H2,1H3. The summed E-state index contributed by atoms with van der Waals surface area (Å²) >= 11 is 0. The van der Waals surface area contributed by atoms with Crippen molar-refractivity contribution in [3.63, 3.8) is 0 Å². The van der Waals surface area contributed by atoms with Crippen LogP contribution in [0.25, 0.3) is 16.6 Å². The number of benzene rings is 1. The van der Waals surface area contributed by atoms with E-state index >= 15 is 0 Å². The molecule has 0 aliphatic carbocycles. The molecule has 3 aromatic rings. The Hall–Kier alpha value is -2.49. The number of aryl methyl sites for hydroxylation is 1. The van der Waals surface area contributed by atoms with E-state index in [1.807, 2.05) is 25.3 Å². The molecule has 4 rings (SSSR count). The van der Waals surface area contributed by atoms with Gasteiger partial charge >= 0.3 is 0 Å². The molecule has 4 nitrogen and oxygen atoms in total. The molecule has 0 amide bonds. The highest BCUT2D eigenvalue weighted by Crippen LogP contribution is 2.34. The molecule has 0 saturated heterocycles. The topological polar surface area (TPSA) is 35.8 Å². The molecule has 100 valence electrons. The van der Waals surface area contributed by atoms with E-state index in [4.69, 9.17) is 9.47 Å². The first-order valence-electron chi connectivity index (χ1n) is 6.65. The highest BCUT2D eigenvalue weighted by Gasteiger charge is 2.12. The zero-order valence-corrected chi connectivity index (χ0v) is 11.2. The van der Waals surface area contributed by atoms with Gasteiger partial charge in [0.15, 0.2) is 11.5 Å². The van der Waals surface area contributed by atoms with E-state index in [1.165, 1.54) is 0 Å². The largest absolute Gasteiger partial charge is 0.486 e. The minimum Gasteiger partial charge on any atom is -0.486 e. The Bertz CT molecular complexity index is 792. The molecule has 20 heavy (non-hydrogen) atoms. The molecule has 0 spiro atoms. The van der Waals surface area contributed by atoms with E-state index < -0.39 is 0 Å². The Morgan fingerprint density at radius 2 is 1.80 bits per heavy atom. The Morgan fingerprint density at radius 3 is 2.70 bits per heavy atom. The first kappa shape index (κ1) is 11.3. The molecule has 0 N–H and O–H groups in total. The smallest absolute Gasteiger partial charge is 0.161 e. The number of ether oxygens (including phenoxy) is 2. The number of imidazole rings is 1. The maximum Gasteiger partial charge on any atom is 0.161 e. The summed E-state index contributed by atoms with van der Waals surface area (Å²) in [6.45, 7) is 3.23. The van der Waals surface area contributed by atoms with Crippen molar-refractivity contribution in [2.45, 2.75) is 6.92 Å². The molecule has 0 radical (unpaired) electrons. The second kappa shape index (κ2) is 4.27. The minimum absolute atomic E-state index is 0.607. The van der Waals surface area contributed by atoms with Crippen LogP contribution in [-0.2, 0) is 0 Å². The van der Waals surface area contributed by atoms with Crippen LogP contribution in [-0.4, -0.2) is 22.6 Å². The molecule has 1 aromatic carbocycles. The quantitative estimate of drug-likeness (QED) is 0.679. The molecular formula is C16H14N2O2. The first-order chi connectivity index (χ1) is 9.81. The van der Waals surface area contributed by atoms with Crippen molar-refractivity contribution in [3.8, 4) is 22.6 Å². The lowest BCUT2D eigenvalue weighted by molar-refractivity contribution is 0.171. The summed E-state index contributed by atoms with van der Waals surface area (Å²) in [6.07, 6.45) is 3.98. The normalized spacial score (nSPS) is 13.7. The second-order valence-electron chi connectivity index (χ2n) is 4.88. The van der Waals surface area contributed by atoms with E-state index in [-0.39, 0.29) is 0 Å². The predicted molar refractivity (Wildman–Crippen MR) is 76.4 cm³/mol. The van der Waals surface area contributed by atoms with Gasteiger partial charge in [-0.3, -0.25) is 0 Å². The summed E-state index contributed by atoms with van der Waals surface area (Å²) in [5.74, 6) is 2.62. The number of nitrogens with zero attached hydrogens (tertiary/aromatic N) is 2. The van der Waals surface area contributed by atoms with E-state index in [0.717, 1.165) is 34.0 Å². The van der Waals surface area contributed by atoms with Gasteiger partial charge in [-0.2, -0.15) is 0 Å². The second-order valence-corrected chi connectivity index (χ2v) is 4.88. The fourth-order valence-corrected chi connectivity index (χ4v) is 2.51. The van der Waals surface area contributed by atoms with Crippen LogP contribution in [0.2, 0.25) is 0 Å². The molecule has 0 unspecified atom stereocenters. The van der Waals surface area contributed by atoms with E-state index in [2.05, 4.69) is 33.8 Å². The summed E-state index contributed by atoms with van der Waals surface area (Å²) < 4.78 is 13.3. The molecule has 3 heterocycles. The lowest BCUT2D eigenvalue weighted by Gasteiger charge is -2.19. The summed E-state index contributed by atoms with van der Waals surface area (Å²) in [7, 11) is 0. The van der Waals surface area contributed by atoms with Crippen LogP contribution in [0.5, 0.6) is 11.5 Å². The van der Waals surface area contributed by atoms with E-state index in [9.17, 15) is 0 Å². The maximum absolute atomic E-state index is 5.64. The number of fused-ring (bicyclic) bond motifs is 2. The van der Waals surface area contributed by atoms with Gasteiger partial charge in [0.05, 0.1) is 11.7 Å². The molecular weight excluding hydrogens is 252 g/mol. The average Bonchev–Trinajstić information content (AvgIpc) is 2.88. The number of pyridine rings is 1. The molecule has 0 atom stereocenters. The highest BCUT2D eigenvalue weighted by atomic mass is 16.6. The average molecular weight is 266 g/mol. The molecule has 4 heteroatoms. The molecule has 0 saturated carbocycles. The van der Waals surface area contributed by atoms with Crippen molar-refractivity contribution in [2.75, 3.05) is 13.2 Å². The zero-order chi connectivity index (χ0) is 13.5. The molecule has 0 bridgehead atoms. The third-order valence-corrected chi connectivity index (χ3v) is 3.59. The third-order valence-electron chi connectivity index (χ3n) is 3.59. The van der Waals surface area contributed by atoms with Gasteiger partial charge in [-0.05, 0) is 36.2 Å². The maximum atomic E-state index is 5.64. The van der Waals surface area contributed by atoms with Crippen molar-refractivity contribution in [1.29, 1.82) is 0 Å². The van der Waals surface area contributed by atoms with Crippen LogP contribution in [0.4, 0.5) is 0 Å². The van der Waals surface area contributed by atoms with Crippen molar-refractivity contribution < 1.29 is 9.47 Å². The Kier molecular flexibility index (Phi) is 2.42. The van der Waals surface area contributed by atoms with Gasteiger partial charge in [-0.1, -0.05) is 12.1 Å². The van der Waals surface area contributed by atoms with Gasteiger partial charge in [0.1, 0.15) is 19.0 Å². The fraction of sp³-hybridized carbons (Fsp3) is 0.188. The van der Waals surface area contributed by atoms with Crippen molar-refractivity contribution in [2.24, 2.45) is 0 Å². The molecule has 2 aromatic heterocycles. The van der Waals surface area contributed by atoms with Crippen LogP contribution < -0.4 is 9.47 Å². The van der Waals surface area contributed by atoms with Crippen LogP contribution >= 0.6 is 0 Å². The van der Waals surface area contributed by atoms with Gasteiger partial charge in [0.25, 0.3) is 0 Å². The van der Waals surface area contributed by atoms with Gasteiger partial charge in [0, 0.05) is 6.20 Å². The number of hydrogen-bond acceptors (Lipinski definition) is 3. The molecule has 1 aliphatic heterocycles. The Labute approximate surface area is 116 Å². The first-order valence-corrected chi connectivity index (χ1v) is 6.65. The minimum atomic E-state index is 0.607. The number of hydrogen-bond donors (Lipinski definition) is 0. The Balaban J connectivity index is 1.83. The van der Waals surface area contributed by atoms with Crippen molar-refractivity contribution in [1.82, 2.24) is 9.38 Å². The van der Waals surface area contributed by atoms with Gasteiger partial charge in [-0.15, -0.1) is 0 Å². The van der Waals surface area contributed by atoms with Crippen molar-refractivity contribution >= 4 is 5.52 Å². The third kappa shape index (κ3) is 1.72. The lowest BCUT2D eigenvalue weighted by Crippen LogP contribution is -2.15. The van der Waals surface area contributed by atoms with Crippen LogP contribution in [0, 0.1) is 6.92 Å². The highest BCUT2D eigenvalue weighted by molar-refractivity contribution is 5.68.